The highest BCUT2D eigenvalue weighted by Crippen LogP contribution is 2.52. The molecule has 1 aromatic rings. The summed E-state index contributed by atoms with van der Waals surface area (Å²) in [5, 5.41) is 0. The fourth-order valence-corrected chi connectivity index (χ4v) is 5.74. The van der Waals surface area contributed by atoms with Gasteiger partial charge in [0.15, 0.2) is 0 Å². The molecule has 1 nitrogen and oxygen atoms in total. The molecule has 0 spiro atoms. The minimum atomic E-state index is -4.63. The molecule has 2 aliphatic carbocycles. The molecule has 0 N–H and O–H groups in total. The van der Waals surface area contributed by atoms with Gasteiger partial charge in [-0.25, -0.2) is 0 Å². The molecule has 2 aliphatic rings. The fourth-order valence-electron chi connectivity index (χ4n) is 5.74. The van der Waals surface area contributed by atoms with E-state index in [0.717, 1.165) is 5.92 Å². The van der Waals surface area contributed by atoms with Crippen molar-refractivity contribution in [2.24, 2.45) is 11.8 Å². The van der Waals surface area contributed by atoms with Crippen LogP contribution in [0.4, 0.5) is 13.2 Å². The first-order chi connectivity index (χ1) is 13.4. The van der Waals surface area contributed by atoms with Crippen molar-refractivity contribution < 1.29 is 17.9 Å². The lowest BCUT2D eigenvalue weighted by Crippen LogP contribution is -2.40. The highest BCUT2D eigenvalue weighted by atomic mass is 19.4. The number of hydrogen-bond acceptors (Lipinski definition) is 1. The molecule has 1 aromatic carbocycles. The van der Waals surface area contributed by atoms with Gasteiger partial charge in [-0.15, -0.1) is 13.2 Å². The van der Waals surface area contributed by atoms with Gasteiger partial charge in [-0.1, -0.05) is 64.0 Å². The minimum absolute atomic E-state index is 0.108. The average Bonchev–Trinajstić information content (AvgIpc) is 2.69. The average molecular weight is 397 g/mol. The molecule has 2 saturated carbocycles. The van der Waals surface area contributed by atoms with E-state index < -0.39 is 6.36 Å². The van der Waals surface area contributed by atoms with Crippen LogP contribution in [0.15, 0.2) is 24.3 Å². The summed E-state index contributed by atoms with van der Waals surface area (Å²) in [4.78, 5) is 0. The summed E-state index contributed by atoms with van der Waals surface area (Å²) in [5.41, 5.74) is 1.39. The molecule has 158 valence electrons. The predicted molar refractivity (Wildman–Crippen MR) is 107 cm³/mol. The van der Waals surface area contributed by atoms with Crippen LogP contribution in [0.5, 0.6) is 5.75 Å². The molecule has 0 heterocycles. The summed E-state index contributed by atoms with van der Waals surface area (Å²) in [6.45, 7) is 2.25. The Hall–Kier alpha value is -1.19. The molecule has 0 aromatic heterocycles. The highest BCUT2D eigenvalue weighted by molar-refractivity contribution is 5.34. The monoisotopic (exact) mass is 396 g/mol. The fraction of sp³-hybridized carbons (Fsp3) is 0.750. The maximum absolute atomic E-state index is 12.5. The Labute approximate surface area is 168 Å². The van der Waals surface area contributed by atoms with Crippen molar-refractivity contribution >= 4 is 0 Å². The van der Waals surface area contributed by atoms with Gasteiger partial charge < -0.3 is 4.74 Å². The van der Waals surface area contributed by atoms with Crippen molar-refractivity contribution in [1.29, 1.82) is 0 Å². The van der Waals surface area contributed by atoms with E-state index >= 15 is 0 Å². The summed E-state index contributed by atoms with van der Waals surface area (Å²) < 4.78 is 41.6. The van der Waals surface area contributed by atoms with E-state index in [1.54, 1.807) is 0 Å². The number of unbranched alkanes of at least 4 members (excludes halogenated alkanes) is 2. The van der Waals surface area contributed by atoms with Crippen molar-refractivity contribution in [3.05, 3.63) is 29.8 Å². The number of alkyl halides is 3. The Morgan fingerprint density at radius 1 is 0.929 bits per heavy atom. The number of rotatable bonds is 7. The molecular formula is C24H35F3O. The van der Waals surface area contributed by atoms with Crippen molar-refractivity contribution in [2.45, 2.75) is 102 Å². The maximum Gasteiger partial charge on any atom is 0.573 e. The molecule has 0 unspecified atom stereocenters. The van der Waals surface area contributed by atoms with Crippen molar-refractivity contribution in [1.82, 2.24) is 0 Å². The first-order valence-corrected chi connectivity index (χ1v) is 11.3. The van der Waals surface area contributed by atoms with Crippen LogP contribution in [-0.4, -0.2) is 6.36 Å². The van der Waals surface area contributed by atoms with Gasteiger partial charge in [0.1, 0.15) is 5.75 Å². The quantitative estimate of drug-likeness (QED) is 0.422. The predicted octanol–water partition coefficient (Wildman–Crippen LogP) is 8.17. The highest BCUT2D eigenvalue weighted by Gasteiger charge is 2.43. The largest absolute Gasteiger partial charge is 0.573 e. The van der Waals surface area contributed by atoms with Gasteiger partial charge in [-0.3, -0.25) is 0 Å². The molecule has 28 heavy (non-hydrogen) atoms. The number of hydrogen-bond donors (Lipinski definition) is 0. The summed E-state index contributed by atoms with van der Waals surface area (Å²) >= 11 is 0. The lowest BCUT2D eigenvalue weighted by molar-refractivity contribution is -0.274. The van der Waals surface area contributed by atoms with E-state index in [2.05, 4.69) is 11.7 Å². The van der Waals surface area contributed by atoms with Gasteiger partial charge in [0.2, 0.25) is 0 Å². The van der Waals surface area contributed by atoms with E-state index in [1.165, 1.54) is 101 Å². The SMILES string of the molecule is CCCCC[C@H]1CC[C@](c2ccc(OC(F)(F)F)cc2)(C2CCCCC2)CC1. The van der Waals surface area contributed by atoms with Gasteiger partial charge in [-0.05, 0) is 73.5 Å². The van der Waals surface area contributed by atoms with E-state index in [-0.39, 0.29) is 11.2 Å². The lowest BCUT2D eigenvalue weighted by Gasteiger charge is -2.48. The Balaban J connectivity index is 1.74. The smallest absolute Gasteiger partial charge is 0.406 e. The number of ether oxygens (including phenoxy) is 1. The van der Waals surface area contributed by atoms with Crippen molar-refractivity contribution in [2.75, 3.05) is 0 Å². The zero-order valence-corrected chi connectivity index (χ0v) is 17.2. The molecule has 0 atom stereocenters. The molecule has 3 rings (SSSR count). The van der Waals surface area contributed by atoms with E-state index in [4.69, 9.17) is 0 Å². The molecule has 2 fully saturated rings. The van der Waals surface area contributed by atoms with Crippen LogP contribution < -0.4 is 4.74 Å². The molecule has 0 radical (unpaired) electrons. The van der Waals surface area contributed by atoms with Gasteiger partial charge >= 0.3 is 6.36 Å². The third-order valence-electron chi connectivity index (χ3n) is 7.26. The van der Waals surface area contributed by atoms with Crippen LogP contribution in [0.1, 0.15) is 96.0 Å². The molecule has 0 bridgehead atoms. The standard InChI is InChI=1S/C24H35F3O/c1-2-3-5-8-19-15-17-23(18-16-19,20-9-6-4-7-10-20)21-11-13-22(14-12-21)28-24(25,26)27/h11-14,19-20H,2-10,15-18H2,1H3/t19-,23+. The second kappa shape index (κ2) is 9.54. The van der Waals surface area contributed by atoms with Crippen LogP contribution >= 0.6 is 0 Å². The Kier molecular flexibility index (Phi) is 7.33. The molecule has 0 aliphatic heterocycles. The third-order valence-corrected chi connectivity index (χ3v) is 7.26. The number of halogens is 3. The van der Waals surface area contributed by atoms with Crippen molar-refractivity contribution in [3.63, 3.8) is 0 Å². The molecular weight excluding hydrogens is 361 g/mol. The summed E-state index contributed by atoms with van der Waals surface area (Å²) in [5.74, 6) is 1.40. The van der Waals surface area contributed by atoms with Gasteiger partial charge in [0.05, 0.1) is 0 Å². The van der Waals surface area contributed by atoms with Crippen LogP contribution in [0.25, 0.3) is 0 Å². The number of benzene rings is 1. The summed E-state index contributed by atoms with van der Waals surface area (Å²) in [6, 6.07) is 6.85. The first kappa shape index (κ1) is 21.5. The third kappa shape index (κ3) is 5.45. The topological polar surface area (TPSA) is 9.23 Å². The second-order valence-electron chi connectivity index (χ2n) is 9.00. The first-order valence-electron chi connectivity index (χ1n) is 11.3. The van der Waals surface area contributed by atoms with Gasteiger partial charge in [-0.2, -0.15) is 0 Å². The van der Waals surface area contributed by atoms with Gasteiger partial charge in [0, 0.05) is 0 Å². The molecule has 0 saturated heterocycles. The van der Waals surface area contributed by atoms with Crippen LogP contribution in [0.2, 0.25) is 0 Å². The Morgan fingerprint density at radius 2 is 1.57 bits per heavy atom. The van der Waals surface area contributed by atoms with Crippen molar-refractivity contribution in [3.8, 4) is 5.75 Å². The van der Waals surface area contributed by atoms with Crippen LogP contribution in [0.3, 0.4) is 0 Å². The van der Waals surface area contributed by atoms with E-state index in [9.17, 15) is 13.2 Å². The summed E-state index contributed by atoms with van der Waals surface area (Å²) in [7, 11) is 0. The molecule has 0 amide bonds. The van der Waals surface area contributed by atoms with Gasteiger partial charge in [0.25, 0.3) is 0 Å². The molecule has 4 heteroatoms. The Morgan fingerprint density at radius 3 is 2.14 bits per heavy atom. The second-order valence-corrected chi connectivity index (χ2v) is 9.00. The van der Waals surface area contributed by atoms with E-state index in [1.807, 2.05) is 12.1 Å². The van der Waals surface area contributed by atoms with Crippen LogP contribution in [0, 0.1) is 11.8 Å². The zero-order valence-electron chi connectivity index (χ0n) is 17.2. The van der Waals surface area contributed by atoms with Crippen LogP contribution in [-0.2, 0) is 5.41 Å². The lowest BCUT2D eigenvalue weighted by atomic mass is 9.57. The maximum atomic E-state index is 12.5. The summed E-state index contributed by atoms with van der Waals surface area (Å²) in [6.07, 6.45) is 12.0. The van der Waals surface area contributed by atoms with E-state index in [0.29, 0.717) is 5.92 Å². The Bertz CT molecular complexity index is 579. The normalized spacial score (nSPS) is 26.9. The minimum Gasteiger partial charge on any atom is -0.406 e. The zero-order chi connectivity index (χ0) is 20.0.